The van der Waals surface area contributed by atoms with Gasteiger partial charge in [0.2, 0.25) is 0 Å². The van der Waals surface area contributed by atoms with Crippen LogP contribution in [0.3, 0.4) is 0 Å². The molecule has 0 bridgehead atoms. The normalized spacial score (nSPS) is 12.8. The Morgan fingerprint density at radius 3 is 2.18 bits per heavy atom. The molecule has 116 valence electrons. The third-order valence-corrected chi connectivity index (χ3v) is 3.31. The van der Waals surface area contributed by atoms with Crippen molar-refractivity contribution in [2.45, 2.75) is 13.0 Å². The molecule has 3 nitrogen and oxygen atoms in total. The highest BCUT2D eigenvalue weighted by Gasteiger charge is 2.07. The van der Waals surface area contributed by atoms with Crippen LogP contribution in [0.1, 0.15) is 18.1 Å². The van der Waals surface area contributed by atoms with Crippen molar-refractivity contribution in [3.8, 4) is 5.75 Å². The summed E-state index contributed by atoms with van der Waals surface area (Å²) in [5.74, 6) is 0.838. The average molecular weight is 298 g/mol. The van der Waals surface area contributed by atoms with Crippen molar-refractivity contribution >= 4 is 5.57 Å². The molecule has 0 amide bonds. The van der Waals surface area contributed by atoms with Gasteiger partial charge in [-0.25, -0.2) is 0 Å². The number of ether oxygens (including phenoxy) is 3. The number of hydrogen-bond donors (Lipinski definition) is 0. The fourth-order valence-electron chi connectivity index (χ4n) is 2.15. The van der Waals surface area contributed by atoms with E-state index >= 15 is 0 Å². The summed E-state index contributed by atoms with van der Waals surface area (Å²) in [6, 6.07) is 18.1. The van der Waals surface area contributed by atoms with E-state index < -0.39 is 0 Å². The van der Waals surface area contributed by atoms with Gasteiger partial charge in [0.05, 0.1) is 20.0 Å². The van der Waals surface area contributed by atoms with E-state index in [-0.39, 0.29) is 6.10 Å². The Morgan fingerprint density at radius 1 is 0.955 bits per heavy atom. The lowest BCUT2D eigenvalue weighted by Crippen LogP contribution is -2.11. The Kier molecular flexibility index (Phi) is 6.04. The summed E-state index contributed by atoms with van der Waals surface area (Å²) in [7, 11) is 3.34. The van der Waals surface area contributed by atoms with E-state index in [1.807, 2.05) is 49.4 Å². The second-order valence-corrected chi connectivity index (χ2v) is 5.03. The molecule has 0 aromatic heterocycles. The lowest BCUT2D eigenvalue weighted by Gasteiger charge is -2.14. The van der Waals surface area contributed by atoms with Crippen LogP contribution in [0.4, 0.5) is 0 Å². The third-order valence-electron chi connectivity index (χ3n) is 3.31. The highest BCUT2D eigenvalue weighted by Crippen LogP contribution is 2.25. The fourth-order valence-corrected chi connectivity index (χ4v) is 2.15. The van der Waals surface area contributed by atoms with Gasteiger partial charge in [0.1, 0.15) is 11.9 Å². The largest absolute Gasteiger partial charge is 0.497 e. The van der Waals surface area contributed by atoms with Gasteiger partial charge in [-0.15, -0.1) is 0 Å². The first kappa shape index (κ1) is 16.1. The average Bonchev–Trinajstić information content (AvgIpc) is 2.57. The minimum absolute atomic E-state index is 0.00182. The maximum atomic E-state index is 5.79. The molecule has 0 aliphatic heterocycles. The molecule has 0 saturated heterocycles. The van der Waals surface area contributed by atoms with Crippen molar-refractivity contribution < 1.29 is 14.2 Å². The summed E-state index contributed by atoms with van der Waals surface area (Å²) >= 11 is 0. The highest BCUT2D eigenvalue weighted by molar-refractivity contribution is 5.79. The van der Waals surface area contributed by atoms with Crippen molar-refractivity contribution in [1.29, 1.82) is 0 Å². The van der Waals surface area contributed by atoms with Crippen LogP contribution in [0.25, 0.3) is 5.57 Å². The third kappa shape index (κ3) is 4.37. The zero-order valence-corrected chi connectivity index (χ0v) is 13.3. The van der Waals surface area contributed by atoms with Crippen molar-refractivity contribution in [2.24, 2.45) is 0 Å². The van der Waals surface area contributed by atoms with Crippen molar-refractivity contribution in [3.05, 3.63) is 72.0 Å². The molecule has 0 radical (unpaired) electrons. The maximum absolute atomic E-state index is 5.79. The maximum Gasteiger partial charge on any atom is 0.118 e. The summed E-state index contributed by atoms with van der Waals surface area (Å²) in [4.78, 5) is 0. The molecule has 2 rings (SSSR count). The van der Waals surface area contributed by atoms with E-state index in [0.717, 1.165) is 22.4 Å². The van der Waals surface area contributed by atoms with E-state index in [1.54, 1.807) is 20.5 Å². The molecule has 1 atom stereocenters. The lowest BCUT2D eigenvalue weighted by atomic mass is 9.99. The van der Waals surface area contributed by atoms with Crippen LogP contribution in [0, 0.1) is 0 Å². The Labute approximate surface area is 132 Å². The van der Waals surface area contributed by atoms with Crippen LogP contribution in [0.2, 0.25) is 0 Å². The highest BCUT2D eigenvalue weighted by atomic mass is 16.5. The summed E-state index contributed by atoms with van der Waals surface area (Å²) < 4.78 is 16.1. The van der Waals surface area contributed by atoms with Crippen LogP contribution >= 0.6 is 0 Å². The first-order valence-electron chi connectivity index (χ1n) is 7.29. The molecular formula is C19H22O3. The SMILES string of the molecule is COCC(C)OC=C(c1ccccc1)c1ccc(OC)cc1. The Balaban J connectivity index is 2.30. The summed E-state index contributed by atoms with van der Waals surface area (Å²) in [5.41, 5.74) is 3.22. The van der Waals surface area contributed by atoms with E-state index in [4.69, 9.17) is 14.2 Å². The summed E-state index contributed by atoms with van der Waals surface area (Å²) in [6.45, 7) is 2.54. The smallest absolute Gasteiger partial charge is 0.118 e. The Bertz CT molecular complexity index is 588. The van der Waals surface area contributed by atoms with Crippen LogP contribution in [0.5, 0.6) is 5.75 Å². The van der Waals surface area contributed by atoms with Gasteiger partial charge in [-0.1, -0.05) is 42.5 Å². The molecule has 0 N–H and O–H groups in total. The molecule has 22 heavy (non-hydrogen) atoms. The topological polar surface area (TPSA) is 27.7 Å². The summed E-state index contributed by atoms with van der Waals surface area (Å²) in [5, 5.41) is 0. The predicted octanol–water partition coefficient (Wildman–Crippen LogP) is 4.14. The standard InChI is InChI=1S/C19H22O3/c1-15(13-20-2)22-14-19(16-7-5-4-6-8-16)17-9-11-18(21-3)12-10-17/h4-12,14-15H,13H2,1-3H3. The van der Waals surface area contributed by atoms with Crippen molar-refractivity contribution in [3.63, 3.8) is 0 Å². The molecule has 2 aromatic rings. The van der Waals surface area contributed by atoms with Gasteiger partial charge in [0, 0.05) is 12.7 Å². The monoisotopic (exact) mass is 298 g/mol. The van der Waals surface area contributed by atoms with Crippen LogP contribution in [-0.4, -0.2) is 26.9 Å². The minimum atomic E-state index is 0.00182. The Morgan fingerprint density at radius 2 is 1.59 bits per heavy atom. The first-order valence-corrected chi connectivity index (χ1v) is 7.29. The van der Waals surface area contributed by atoms with Gasteiger partial charge in [-0.2, -0.15) is 0 Å². The number of benzene rings is 2. The van der Waals surface area contributed by atoms with Gasteiger partial charge >= 0.3 is 0 Å². The molecule has 0 spiro atoms. The van der Waals surface area contributed by atoms with E-state index in [1.165, 1.54) is 0 Å². The first-order chi connectivity index (χ1) is 10.7. The van der Waals surface area contributed by atoms with Gasteiger partial charge in [0.15, 0.2) is 0 Å². The molecule has 0 saturated carbocycles. The minimum Gasteiger partial charge on any atom is -0.497 e. The van der Waals surface area contributed by atoms with Gasteiger partial charge < -0.3 is 14.2 Å². The van der Waals surface area contributed by atoms with Crippen LogP contribution < -0.4 is 4.74 Å². The van der Waals surface area contributed by atoms with Gasteiger partial charge in [-0.3, -0.25) is 0 Å². The van der Waals surface area contributed by atoms with Gasteiger partial charge in [0.25, 0.3) is 0 Å². The zero-order valence-electron chi connectivity index (χ0n) is 13.3. The quantitative estimate of drug-likeness (QED) is 0.719. The van der Waals surface area contributed by atoms with Gasteiger partial charge in [-0.05, 0) is 30.2 Å². The van der Waals surface area contributed by atoms with Crippen LogP contribution in [-0.2, 0) is 9.47 Å². The lowest BCUT2D eigenvalue weighted by molar-refractivity contribution is 0.0639. The molecule has 0 fully saturated rings. The number of hydrogen-bond acceptors (Lipinski definition) is 3. The molecule has 2 aromatic carbocycles. The zero-order chi connectivity index (χ0) is 15.8. The Hall–Kier alpha value is -2.26. The summed E-state index contributed by atoms with van der Waals surface area (Å²) in [6.07, 6.45) is 1.81. The van der Waals surface area contributed by atoms with E-state index in [0.29, 0.717) is 6.61 Å². The predicted molar refractivity (Wildman–Crippen MR) is 88.9 cm³/mol. The molecule has 0 aliphatic rings. The fraction of sp³-hybridized carbons (Fsp3) is 0.263. The molecule has 3 heteroatoms. The second kappa shape index (κ2) is 8.25. The van der Waals surface area contributed by atoms with Crippen molar-refractivity contribution in [1.82, 2.24) is 0 Å². The van der Waals surface area contributed by atoms with E-state index in [9.17, 15) is 0 Å². The molecule has 0 heterocycles. The number of methoxy groups -OCH3 is 2. The second-order valence-electron chi connectivity index (χ2n) is 5.03. The van der Waals surface area contributed by atoms with Crippen LogP contribution in [0.15, 0.2) is 60.9 Å². The van der Waals surface area contributed by atoms with Crippen molar-refractivity contribution in [2.75, 3.05) is 20.8 Å². The number of rotatable bonds is 7. The molecule has 1 unspecified atom stereocenters. The molecule has 0 aliphatic carbocycles. The molecular weight excluding hydrogens is 276 g/mol. The van der Waals surface area contributed by atoms with E-state index in [2.05, 4.69) is 12.1 Å².